The highest BCUT2D eigenvalue weighted by molar-refractivity contribution is 5.90. The zero-order valence-electron chi connectivity index (χ0n) is 8.93. The van der Waals surface area contributed by atoms with Crippen LogP contribution in [0.2, 0.25) is 0 Å². The molecule has 82 valence electrons. The maximum absolute atomic E-state index is 8.12. The van der Waals surface area contributed by atoms with Crippen molar-refractivity contribution in [2.24, 2.45) is 0 Å². The first-order valence-corrected chi connectivity index (χ1v) is 4.86. The van der Waals surface area contributed by atoms with Crippen LogP contribution in [0.3, 0.4) is 0 Å². The lowest BCUT2D eigenvalue weighted by Gasteiger charge is -2.03. The van der Waals surface area contributed by atoms with E-state index in [2.05, 4.69) is 11.9 Å². The van der Waals surface area contributed by atoms with E-state index in [4.69, 9.17) is 15.3 Å². The smallest absolute Gasteiger partial charge is 0.373 e. The van der Waals surface area contributed by atoms with E-state index in [1.807, 2.05) is 30.3 Å². The largest absolute Gasteiger partial charge is 0.398 e. The van der Waals surface area contributed by atoms with Gasteiger partial charge in [0, 0.05) is 16.8 Å². The summed E-state index contributed by atoms with van der Waals surface area (Å²) in [7, 11) is 0. The standard InChI is InChI=1S/C11H12N2.CO2/c1-2-8-7-10(12)9-5-3-4-6-11(9)13-8;2-1-3/h3-7H,2H2,1H3,(H2,12,13);. The number of nitrogens with zero attached hydrogens (tertiary/aromatic N) is 1. The molecule has 0 atom stereocenters. The van der Waals surface area contributed by atoms with Crippen molar-refractivity contribution < 1.29 is 9.59 Å². The highest BCUT2D eigenvalue weighted by atomic mass is 16.2. The zero-order chi connectivity index (χ0) is 12.0. The molecule has 0 aliphatic heterocycles. The predicted molar refractivity (Wildman–Crippen MR) is 60.5 cm³/mol. The van der Waals surface area contributed by atoms with Crippen LogP contribution in [-0.4, -0.2) is 11.1 Å². The molecule has 0 amide bonds. The normalized spacial score (nSPS) is 9.06. The van der Waals surface area contributed by atoms with E-state index in [0.717, 1.165) is 28.7 Å². The molecule has 0 unspecified atom stereocenters. The maximum atomic E-state index is 8.12. The number of carbonyl (C=O) groups excluding carboxylic acids is 2. The summed E-state index contributed by atoms with van der Waals surface area (Å²) < 4.78 is 0. The Morgan fingerprint density at radius 1 is 1.31 bits per heavy atom. The Kier molecular flexibility index (Phi) is 4.18. The van der Waals surface area contributed by atoms with Gasteiger partial charge in [-0.1, -0.05) is 25.1 Å². The summed E-state index contributed by atoms with van der Waals surface area (Å²) in [5.74, 6) is 0. The van der Waals surface area contributed by atoms with Gasteiger partial charge in [0.15, 0.2) is 0 Å². The first kappa shape index (κ1) is 11.9. The molecule has 1 heterocycles. The molecular weight excluding hydrogens is 204 g/mol. The summed E-state index contributed by atoms with van der Waals surface area (Å²) in [6, 6.07) is 9.89. The van der Waals surface area contributed by atoms with Crippen molar-refractivity contribution in [3.05, 3.63) is 36.0 Å². The molecule has 16 heavy (non-hydrogen) atoms. The van der Waals surface area contributed by atoms with E-state index in [1.54, 1.807) is 0 Å². The van der Waals surface area contributed by atoms with Gasteiger partial charge in [0.1, 0.15) is 0 Å². The molecule has 0 saturated carbocycles. The van der Waals surface area contributed by atoms with Crippen LogP contribution in [0.5, 0.6) is 0 Å². The van der Waals surface area contributed by atoms with Gasteiger partial charge in [-0.05, 0) is 18.6 Å². The van der Waals surface area contributed by atoms with Gasteiger partial charge in [-0.3, -0.25) is 4.98 Å². The molecule has 0 aliphatic carbocycles. The second kappa shape index (κ2) is 5.63. The second-order valence-corrected chi connectivity index (χ2v) is 3.16. The molecule has 2 rings (SSSR count). The van der Waals surface area contributed by atoms with Crippen molar-refractivity contribution in [3.63, 3.8) is 0 Å². The van der Waals surface area contributed by atoms with E-state index in [-0.39, 0.29) is 6.15 Å². The molecule has 0 bridgehead atoms. The van der Waals surface area contributed by atoms with Crippen LogP contribution in [-0.2, 0) is 16.0 Å². The molecule has 2 aromatic rings. The molecule has 0 aliphatic rings. The van der Waals surface area contributed by atoms with E-state index in [1.165, 1.54) is 0 Å². The zero-order valence-corrected chi connectivity index (χ0v) is 8.93. The average Bonchev–Trinajstić information content (AvgIpc) is 2.30. The van der Waals surface area contributed by atoms with Gasteiger partial charge in [0.05, 0.1) is 5.52 Å². The molecule has 0 fully saturated rings. The van der Waals surface area contributed by atoms with Gasteiger partial charge in [-0.15, -0.1) is 0 Å². The van der Waals surface area contributed by atoms with Crippen LogP contribution in [0.1, 0.15) is 12.6 Å². The molecule has 0 spiro atoms. The number of rotatable bonds is 1. The van der Waals surface area contributed by atoms with E-state index in [0.29, 0.717) is 0 Å². The number of hydrogen-bond donors (Lipinski definition) is 1. The fourth-order valence-corrected chi connectivity index (χ4v) is 1.44. The maximum Gasteiger partial charge on any atom is 0.373 e. The third-order valence-electron chi connectivity index (χ3n) is 2.16. The number of benzene rings is 1. The number of aryl methyl sites for hydroxylation is 1. The number of anilines is 1. The lowest BCUT2D eigenvalue weighted by atomic mass is 10.1. The lowest BCUT2D eigenvalue weighted by Crippen LogP contribution is -1.93. The topological polar surface area (TPSA) is 73.0 Å². The fraction of sp³-hybridized carbons (Fsp3) is 0.167. The third-order valence-corrected chi connectivity index (χ3v) is 2.16. The molecule has 0 radical (unpaired) electrons. The molecule has 1 aromatic carbocycles. The van der Waals surface area contributed by atoms with Gasteiger partial charge in [-0.2, -0.15) is 9.59 Å². The van der Waals surface area contributed by atoms with Crippen molar-refractivity contribution in [2.75, 3.05) is 5.73 Å². The summed E-state index contributed by atoms with van der Waals surface area (Å²) in [5.41, 5.74) is 8.75. The predicted octanol–water partition coefficient (Wildman–Crippen LogP) is 1.80. The van der Waals surface area contributed by atoms with Crippen LogP contribution in [0, 0.1) is 0 Å². The second-order valence-electron chi connectivity index (χ2n) is 3.16. The van der Waals surface area contributed by atoms with Crippen molar-refractivity contribution in [1.82, 2.24) is 4.98 Å². The van der Waals surface area contributed by atoms with Crippen molar-refractivity contribution in [1.29, 1.82) is 0 Å². The minimum atomic E-state index is 0.250. The lowest BCUT2D eigenvalue weighted by molar-refractivity contribution is -0.191. The molecule has 0 saturated heterocycles. The average molecular weight is 216 g/mol. The van der Waals surface area contributed by atoms with Crippen LogP contribution < -0.4 is 5.73 Å². The molecule has 1 aromatic heterocycles. The number of hydrogen-bond acceptors (Lipinski definition) is 4. The summed E-state index contributed by atoms with van der Waals surface area (Å²) in [4.78, 5) is 20.7. The molecule has 4 nitrogen and oxygen atoms in total. The number of pyridine rings is 1. The first-order chi connectivity index (χ1) is 7.72. The number of para-hydroxylation sites is 1. The quantitative estimate of drug-likeness (QED) is 0.788. The van der Waals surface area contributed by atoms with Gasteiger partial charge >= 0.3 is 6.15 Å². The van der Waals surface area contributed by atoms with Crippen LogP contribution in [0.25, 0.3) is 10.9 Å². The number of fused-ring (bicyclic) bond motifs is 1. The monoisotopic (exact) mass is 216 g/mol. The molecule has 4 heteroatoms. The van der Waals surface area contributed by atoms with Gasteiger partial charge in [0.2, 0.25) is 0 Å². The molecule has 2 N–H and O–H groups in total. The van der Waals surface area contributed by atoms with E-state index < -0.39 is 0 Å². The fourth-order valence-electron chi connectivity index (χ4n) is 1.44. The Morgan fingerprint density at radius 2 is 1.94 bits per heavy atom. The number of aromatic nitrogens is 1. The summed E-state index contributed by atoms with van der Waals surface area (Å²) >= 11 is 0. The Bertz CT molecular complexity index is 517. The van der Waals surface area contributed by atoms with Crippen molar-refractivity contribution in [2.45, 2.75) is 13.3 Å². The Morgan fingerprint density at radius 3 is 2.56 bits per heavy atom. The summed E-state index contributed by atoms with van der Waals surface area (Å²) in [6.45, 7) is 2.08. The number of nitrogens with two attached hydrogens (primary N) is 1. The molecular formula is C12H12N2O2. The van der Waals surface area contributed by atoms with Crippen molar-refractivity contribution >= 4 is 22.7 Å². The first-order valence-electron chi connectivity index (χ1n) is 4.86. The van der Waals surface area contributed by atoms with E-state index in [9.17, 15) is 0 Å². The highest BCUT2D eigenvalue weighted by Gasteiger charge is 2.00. The highest BCUT2D eigenvalue weighted by Crippen LogP contribution is 2.19. The van der Waals surface area contributed by atoms with Crippen molar-refractivity contribution in [3.8, 4) is 0 Å². The van der Waals surface area contributed by atoms with Gasteiger partial charge in [0.25, 0.3) is 0 Å². The van der Waals surface area contributed by atoms with Gasteiger partial charge < -0.3 is 5.73 Å². The minimum absolute atomic E-state index is 0.250. The summed E-state index contributed by atoms with van der Waals surface area (Å²) in [5, 5.41) is 1.04. The third kappa shape index (κ3) is 2.65. The Hall–Kier alpha value is -2.19. The van der Waals surface area contributed by atoms with Gasteiger partial charge in [-0.25, -0.2) is 0 Å². The minimum Gasteiger partial charge on any atom is -0.398 e. The Labute approximate surface area is 93.1 Å². The summed E-state index contributed by atoms with van der Waals surface area (Å²) in [6.07, 6.45) is 1.18. The number of nitrogen functional groups attached to an aromatic ring is 1. The van der Waals surface area contributed by atoms with E-state index >= 15 is 0 Å². The Balaban J connectivity index is 0.000000386. The van der Waals surface area contributed by atoms with Crippen LogP contribution in [0.4, 0.5) is 5.69 Å². The van der Waals surface area contributed by atoms with Crippen LogP contribution >= 0.6 is 0 Å². The van der Waals surface area contributed by atoms with Crippen LogP contribution in [0.15, 0.2) is 30.3 Å². The SMILES string of the molecule is CCc1cc(N)c2ccccc2n1.O=C=O.